The molecule has 3 rings (SSSR count). The van der Waals surface area contributed by atoms with E-state index in [2.05, 4.69) is 10.6 Å². The highest BCUT2D eigenvalue weighted by molar-refractivity contribution is 7.99. The molecule has 0 unspecified atom stereocenters. The van der Waals surface area contributed by atoms with Gasteiger partial charge in [-0.25, -0.2) is 0 Å². The Morgan fingerprint density at radius 1 is 0.771 bits per heavy atom. The van der Waals surface area contributed by atoms with Crippen LogP contribution in [0.2, 0.25) is 5.02 Å². The molecule has 0 spiro atoms. The second kappa shape index (κ2) is 13.0. The Bertz CT molecular complexity index is 1160. The molecule has 2 N–H and O–H groups in total. The van der Waals surface area contributed by atoms with E-state index in [-0.39, 0.29) is 25.4 Å². The molecule has 0 aromatic heterocycles. The number of ether oxygens (including phenoxy) is 1. The van der Waals surface area contributed by atoms with E-state index in [1.54, 1.807) is 11.8 Å². The molecule has 3 aromatic carbocycles. The minimum Gasteiger partial charge on any atom is -0.456 e. The number of esters is 1. The van der Waals surface area contributed by atoms with Crippen LogP contribution in [0.4, 0.5) is 11.4 Å². The molecule has 0 saturated heterocycles. The van der Waals surface area contributed by atoms with Crippen LogP contribution in [0.15, 0.2) is 76.5 Å². The van der Waals surface area contributed by atoms with Crippen LogP contribution in [-0.4, -0.2) is 24.4 Å². The number of hydrogen-bond donors (Lipinski definition) is 2. The summed E-state index contributed by atoms with van der Waals surface area (Å²) in [5, 5.41) is 6.23. The lowest BCUT2D eigenvalue weighted by Gasteiger charge is -2.09. The first kappa shape index (κ1) is 26.3. The number of carbonyl (C=O) groups is 3. The van der Waals surface area contributed by atoms with Crippen molar-refractivity contribution in [2.24, 2.45) is 0 Å². The Labute approximate surface area is 214 Å². The van der Waals surface area contributed by atoms with Gasteiger partial charge in [-0.1, -0.05) is 29.4 Å². The second-order valence-electron chi connectivity index (χ2n) is 8.07. The molecule has 0 radical (unpaired) electrons. The summed E-state index contributed by atoms with van der Waals surface area (Å²) in [6, 6.07) is 20.8. The second-order valence-corrected chi connectivity index (χ2v) is 9.65. The molecule has 0 fully saturated rings. The molecule has 0 aliphatic carbocycles. The molecule has 0 bridgehead atoms. The van der Waals surface area contributed by atoms with E-state index in [1.807, 2.05) is 80.6 Å². The highest BCUT2D eigenvalue weighted by Gasteiger charge is 2.10. The molecule has 182 valence electrons. The van der Waals surface area contributed by atoms with Gasteiger partial charge in [-0.2, -0.15) is 0 Å². The molecule has 0 aliphatic heterocycles. The summed E-state index contributed by atoms with van der Waals surface area (Å²) in [6.07, 6.45) is 0.555. The standard InChI is InChI=1S/C27H27ClN2O4S/c1-18-14-19(2)16-22(15-18)30-26(32)17-34-27(33)5-3-4-25(31)29-21-8-12-24(13-9-21)35-23-10-6-20(28)7-11-23/h6-16H,3-5,17H2,1-2H3,(H,29,31)(H,30,32). The number of hydrogen-bond acceptors (Lipinski definition) is 5. The first-order chi connectivity index (χ1) is 16.8. The normalized spacial score (nSPS) is 10.5. The van der Waals surface area contributed by atoms with E-state index < -0.39 is 11.9 Å². The van der Waals surface area contributed by atoms with Gasteiger partial charge in [0.2, 0.25) is 5.91 Å². The number of rotatable bonds is 10. The van der Waals surface area contributed by atoms with E-state index in [0.29, 0.717) is 22.8 Å². The molecule has 0 heterocycles. The van der Waals surface area contributed by atoms with Crippen LogP contribution in [0.5, 0.6) is 0 Å². The van der Waals surface area contributed by atoms with Crippen LogP contribution >= 0.6 is 23.4 Å². The first-order valence-electron chi connectivity index (χ1n) is 11.1. The molecular formula is C27H27ClN2O4S. The van der Waals surface area contributed by atoms with Gasteiger partial charge in [0.25, 0.3) is 5.91 Å². The Morgan fingerprint density at radius 2 is 1.34 bits per heavy atom. The highest BCUT2D eigenvalue weighted by atomic mass is 35.5. The molecular weight excluding hydrogens is 484 g/mol. The Kier molecular flexibility index (Phi) is 9.76. The lowest BCUT2D eigenvalue weighted by molar-refractivity contribution is -0.147. The van der Waals surface area contributed by atoms with Crippen LogP contribution in [0.3, 0.4) is 0 Å². The number of nitrogens with one attached hydrogen (secondary N) is 2. The van der Waals surface area contributed by atoms with Gasteiger partial charge >= 0.3 is 5.97 Å². The molecule has 0 aliphatic rings. The van der Waals surface area contributed by atoms with Gasteiger partial charge < -0.3 is 15.4 Å². The number of benzene rings is 3. The van der Waals surface area contributed by atoms with Gasteiger partial charge in [-0.15, -0.1) is 0 Å². The van der Waals surface area contributed by atoms with Crippen molar-refractivity contribution in [3.63, 3.8) is 0 Å². The summed E-state index contributed by atoms with van der Waals surface area (Å²) in [5.74, 6) is -1.11. The average molecular weight is 511 g/mol. The summed E-state index contributed by atoms with van der Waals surface area (Å²) in [6.45, 7) is 3.52. The first-order valence-corrected chi connectivity index (χ1v) is 12.3. The maximum Gasteiger partial charge on any atom is 0.306 e. The molecule has 3 aromatic rings. The third-order valence-electron chi connectivity index (χ3n) is 4.84. The van der Waals surface area contributed by atoms with Crippen LogP contribution < -0.4 is 10.6 Å². The summed E-state index contributed by atoms with van der Waals surface area (Å²) in [7, 11) is 0. The van der Waals surface area contributed by atoms with Gasteiger partial charge in [0, 0.05) is 39.0 Å². The van der Waals surface area contributed by atoms with Crippen molar-refractivity contribution in [1.29, 1.82) is 0 Å². The maximum atomic E-state index is 12.2. The number of amides is 2. The minimum absolute atomic E-state index is 0.0565. The Morgan fingerprint density at radius 3 is 1.97 bits per heavy atom. The van der Waals surface area contributed by atoms with Crippen molar-refractivity contribution >= 4 is 52.5 Å². The van der Waals surface area contributed by atoms with Crippen molar-refractivity contribution in [3.05, 3.63) is 82.9 Å². The molecule has 0 atom stereocenters. The average Bonchev–Trinajstić information content (AvgIpc) is 2.80. The molecule has 2 amide bonds. The van der Waals surface area contributed by atoms with Gasteiger partial charge in [-0.3, -0.25) is 14.4 Å². The zero-order valence-electron chi connectivity index (χ0n) is 19.6. The fourth-order valence-electron chi connectivity index (χ4n) is 3.32. The topological polar surface area (TPSA) is 84.5 Å². The minimum atomic E-state index is -0.517. The maximum absolute atomic E-state index is 12.2. The summed E-state index contributed by atoms with van der Waals surface area (Å²) in [5.41, 5.74) is 3.41. The van der Waals surface area contributed by atoms with Crippen LogP contribution in [-0.2, 0) is 19.1 Å². The van der Waals surface area contributed by atoms with Gasteiger partial charge in [0.15, 0.2) is 6.61 Å². The van der Waals surface area contributed by atoms with E-state index in [1.165, 1.54) is 0 Å². The number of anilines is 2. The zero-order chi connectivity index (χ0) is 25.2. The van der Waals surface area contributed by atoms with E-state index in [9.17, 15) is 14.4 Å². The third-order valence-corrected chi connectivity index (χ3v) is 6.11. The molecule has 6 nitrogen and oxygen atoms in total. The van der Waals surface area contributed by atoms with Crippen LogP contribution in [0.25, 0.3) is 0 Å². The molecule has 8 heteroatoms. The molecule has 35 heavy (non-hydrogen) atoms. The van der Waals surface area contributed by atoms with Crippen LogP contribution in [0.1, 0.15) is 30.4 Å². The smallest absolute Gasteiger partial charge is 0.306 e. The van der Waals surface area contributed by atoms with Crippen molar-refractivity contribution in [2.45, 2.75) is 42.9 Å². The number of halogens is 1. The molecule has 0 saturated carbocycles. The zero-order valence-corrected chi connectivity index (χ0v) is 21.2. The van der Waals surface area contributed by atoms with Crippen molar-refractivity contribution in [2.75, 3.05) is 17.2 Å². The fourth-order valence-corrected chi connectivity index (χ4v) is 4.27. The van der Waals surface area contributed by atoms with Gasteiger partial charge in [-0.05, 0) is 92.1 Å². The quantitative estimate of drug-likeness (QED) is 0.308. The predicted molar refractivity (Wildman–Crippen MR) is 140 cm³/mol. The summed E-state index contributed by atoms with van der Waals surface area (Å²) in [4.78, 5) is 38.2. The fraction of sp³-hybridized carbons (Fsp3) is 0.222. The van der Waals surface area contributed by atoms with Crippen molar-refractivity contribution < 1.29 is 19.1 Å². The lowest BCUT2D eigenvalue weighted by atomic mass is 10.1. The van der Waals surface area contributed by atoms with Gasteiger partial charge in [0.1, 0.15) is 0 Å². The van der Waals surface area contributed by atoms with Crippen molar-refractivity contribution in [3.8, 4) is 0 Å². The predicted octanol–water partition coefficient (Wildman–Crippen LogP) is 6.40. The van der Waals surface area contributed by atoms with E-state index in [4.69, 9.17) is 16.3 Å². The third kappa shape index (κ3) is 9.47. The summed E-state index contributed by atoms with van der Waals surface area (Å²) >= 11 is 7.51. The van der Waals surface area contributed by atoms with E-state index in [0.717, 1.165) is 20.9 Å². The lowest BCUT2D eigenvalue weighted by Crippen LogP contribution is -2.21. The highest BCUT2D eigenvalue weighted by Crippen LogP contribution is 2.29. The van der Waals surface area contributed by atoms with Gasteiger partial charge in [0.05, 0.1) is 0 Å². The monoisotopic (exact) mass is 510 g/mol. The van der Waals surface area contributed by atoms with Crippen LogP contribution in [0, 0.1) is 13.8 Å². The largest absolute Gasteiger partial charge is 0.456 e. The van der Waals surface area contributed by atoms with Crippen molar-refractivity contribution in [1.82, 2.24) is 0 Å². The number of aryl methyl sites for hydroxylation is 2. The Balaban J connectivity index is 1.33. The summed E-state index contributed by atoms with van der Waals surface area (Å²) < 4.78 is 5.01. The SMILES string of the molecule is Cc1cc(C)cc(NC(=O)COC(=O)CCCC(=O)Nc2ccc(Sc3ccc(Cl)cc3)cc2)c1. The number of carbonyl (C=O) groups excluding carboxylic acids is 3. The Hall–Kier alpha value is -3.29. The van der Waals surface area contributed by atoms with E-state index >= 15 is 0 Å².